The fraction of sp³-hybridized carbons (Fsp3) is 0.375. The Balaban J connectivity index is 1.80. The molecule has 0 bridgehead atoms. The Kier molecular flexibility index (Phi) is 5.00. The summed E-state index contributed by atoms with van der Waals surface area (Å²) < 4.78 is 6.94. The topological polar surface area (TPSA) is 97.6 Å². The minimum absolute atomic E-state index is 0.141. The molecule has 1 fully saturated rings. The van der Waals surface area contributed by atoms with Crippen molar-refractivity contribution in [2.75, 3.05) is 19.7 Å². The quantitative estimate of drug-likeness (QED) is 0.883. The Labute approximate surface area is 148 Å². The molecule has 1 saturated heterocycles. The van der Waals surface area contributed by atoms with Gasteiger partial charge in [-0.1, -0.05) is 22.9 Å². The third-order valence-electron chi connectivity index (χ3n) is 3.98. The number of rotatable bonds is 4. The second-order valence-electron chi connectivity index (χ2n) is 5.76. The van der Waals surface area contributed by atoms with Crippen molar-refractivity contribution in [3.05, 3.63) is 40.7 Å². The van der Waals surface area contributed by atoms with Crippen LogP contribution in [0.4, 0.5) is 0 Å². The van der Waals surface area contributed by atoms with E-state index in [0.717, 1.165) is 0 Å². The summed E-state index contributed by atoms with van der Waals surface area (Å²) in [5, 5.41) is 17.5. The van der Waals surface area contributed by atoms with E-state index < -0.39 is 12.1 Å². The summed E-state index contributed by atoms with van der Waals surface area (Å²) >= 11 is 6.00. The second-order valence-corrected chi connectivity index (χ2v) is 6.19. The number of ether oxygens (including phenoxy) is 1. The first-order valence-corrected chi connectivity index (χ1v) is 8.14. The molecule has 1 aliphatic rings. The molecule has 2 aromatic rings. The molecule has 2 heterocycles. The zero-order valence-electron chi connectivity index (χ0n) is 13.6. The molecular weight excluding hydrogens is 348 g/mol. The highest BCUT2D eigenvalue weighted by molar-refractivity contribution is 6.30. The van der Waals surface area contributed by atoms with Crippen LogP contribution in [0.1, 0.15) is 22.6 Å². The van der Waals surface area contributed by atoms with Gasteiger partial charge in [-0.2, -0.15) is 0 Å². The average molecular weight is 365 g/mol. The normalized spacial score (nSPS) is 17.5. The first-order chi connectivity index (χ1) is 12.0. The van der Waals surface area contributed by atoms with Crippen LogP contribution in [0.5, 0.6) is 0 Å². The maximum absolute atomic E-state index is 12.7. The molecule has 1 aromatic carbocycles. The van der Waals surface area contributed by atoms with Gasteiger partial charge >= 0.3 is 5.97 Å². The lowest BCUT2D eigenvalue weighted by Crippen LogP contribution is -2.46. The molecule has 0 saturated carbocycles. The van der Waals surface area contributed by atoms with Crippen molar-refractivity contribution in [3.63, 3.8) is 0 Å². The highest BCUT2D eigenvalue weighted by atomic mass is 35.5. The molecule has 1 aliphatic heterocycles. The van der Waals surface area contributed by atoms with E-state index in [4.69, 9.17) is 21.4 Å². The van der Waals surface area contributed by atoms with Gasteiger partial charge < -0.3 is 14.7 Å². The molecule has 9 heteroatoms. The third kappa shape index (κ3) is 3.80. The molecule has 0 aliphatic carbocycles. The predicted molar refractivity (Wildman–Crippen MR) is 89.0 cm³/mol. The van der Waals surface area contributed by atoms with E-state index in [1.165, 1.54) is 0 Å². The van der Waals surface area contributed by atoms with Crippen LogP contribution < -0.4 is 0 Å². The highest BCUT2D eigenvalue weighted by Gasteiger charge is 2.29. The van der Waals surface area contributed by atoms with Gasteiger partial charge in [0.05, 0.1) is 30.5 Å². The van der Waals surface area contributed by atoms with E-state index in [-0.39, 0.29) is 24.6 Å². The van der Waals surface area contributed by atoms with Gasteiger partial charge in [0, 0.05) is 18.1 Å². The summed E-state index contributed by atoms with van der Waals surface area (Å²) in [5.41, 5.74) is 1.53. The van der Waals surface area contributed by atoms with Crippen LogP contribution in [0.3, 0.4) is 0 Å². The van der Waals surface area contributed by atoms with Crippen LogP contribution in [0.25, 0.3) is 5.69 Å². The van der Waals surface area contributed by atoms with Gasteiger partial charge in [0.2, 0.25) is 0 Å². The van der Waals surface area contributed by atoms with Gasteiger partial charge in [-0.15, -0.1) is 5.10 Å². The smallest absolute Gasteiger partial charge is 0.306 e. The summed E-state index contributed by atoms with van der Waals surface area (Å²) in [6.07, 6.45) is -0.656. The number of benzene rings is 1. The molecule has 3 rings (SSSR count). The zero-order chi connectivity index (χ0) is 18.0. The number of halogens is 1. The van der Waals surface area contributed by atoms with Crippen LogP contribution in [0.2, 0.25) is 5.02 Å². The van der Waals surface area contributed by atoms with Crippen molar-refractivity contribution >= 4 is 23.5 Å². The highest BCUT2D eigenvalue weighted by Crippen LogP contribution is 2.18. The number of carboxylic acid groups (broad SMARTS) is 1. The number of hydrogen-bond donors (Lipinski definition) is 1. The summed E-state index contributed by atoms with van der Waals surface area (Å²) in [6, 6.07) is 7.09. The standard InChI is InChI=1S/C16H17ClN4O4/c1-10-15(18-19-21(10)12-4-2-3-11(17)7-12)16(24)20-5-6-25-13(9-20)8-14(22)23/h2-4,7,13H,5-6,8-9H2,1H3,(H,22,23). The van der Waals surface area contributed by atoms with Gasteiger partial charge in [-0.05, 0) is 25.1 Å². The zero-order valence-corrected chi connectivity index (χ0v) is 14.3. The lowest BCUT2D eigenvalue weighted by atomic mass is 10.2. The van der Waals surface area contributed by atoms with Crippen LogP contribution in [-0.2, 0) is 9.53 Å². The van der Waals surface area contributed by atoms with Crippen LogP contribution in [0, 0.1) is 6.92 Å². The number of morpholine rings is 1. The molecule has 1 aromatic heterocycles. The minimum Gasteiger partial charge on any atom is -0.481 e. The van der Waals surface area contributed by atoms with E-state index >= 15 is 0 Å². The summed E-state index contributed by atoms with van der Waals surface area (Å²) in [5.74, 6) is -1.24. The minimum atomic E-state index is -0.956. The van der Waals surface area contributed by atoms with Crippen molar-refractivity contribution in [1.82, 2.24) is 19.9 Å². The van der Waals surface area contributed by atoms with Crippen molar-refractivity contribution in [2.45, 2.75) is 19.4 Å². The summed E-state index contributed by atoms with van der Waals surface area (Å²) in [6.45, 7) is 2.65. The molecule has 25 heavy (non-hydrogen) atoms. The summed E-state index contributed by atoms with van der Waals surface area (Å²) in [4.78, 5) is 25.1. The summed E-state index contributed by atoms with van der Waals surface area (Å²) in [7, 11) is 0. The Morgan fingerprint density at radius 1 is 1.44 bits per heavy atom. The maximum atomic E-state index is 12.7. The van der Waals surface area contributed by atoms with E-state index in [2.05, 4.69) is 10.3 Å². The lowest BCUT2D eigenvalue weighted by Gasteiger charge is -2.31. The van der Waals surface area contributed by atoms with Gasteiger partial charge in [-0.3, -0.25) is 9.59 Å². The first kappa shape index (κ1) is 17.4. The van der Waals surface area contributed by atoms with E-state index in [9.17, 15) is 9.59 Å². The number of carbonyl (C=O) groups excluding carboxylic acids is 1. The molecule has 1 N–H and O–H groups in total. The molecule has 1 atom stereocenters. The largest absolute Gasteiger partial charge is 0.481 e. The van der Waals surface area contributed by atoms with Crippen LogP contribution >= 0.6 is 11.6 Å². The number of carbonyl (C=O) groups is 2. The van der Waals surface area contributed by atoms with E-state index in [0.29, 0.717) is 29.6 Å². The monoisotopic (exact) mass is 364 g/mol. The first-order valence-electron chi connectivity index (χ1n) is 7.76. The predicted octanol–water partition coefficient (Wildman–Crippen LogP) is 1.54. The number of amides is 1. The number of aromatic nitrogens is 3. The van der Waals surface area contributed by atoms with E-state index in [1.54, 1.807) is 34.7 Å². The number of aliphatic carboxylic acids is 1. The molecule has 8 nitrogen and oxygen atoms in total. The molecule has 1 unspecified atom stereocenters. The Bertz CT molecular complexity index is 807. The molecule has 1 amide bonds. The second kappa shape index (κ2) is 7.20. The number of nitrogens with zero attached hydrogens (tertiary/aromatic N) is 4. The fourth-order valence-electron chi connectivity index (χ4n) is 2.75. The number of carboxylic acids is 1. The van der Waals surface area contributed by atoms with Crippen LogP contribution in [-0.4, -0.2) is 62.7 Å². The maximum Gasteiger partial charge on any atom is 0.306 e. The van der Waals surface area contributed by atoms with Crippen molar-refractivity contribution in [1.29, 1.82) is 0 Å². The Hall–Kier alpha value is -2.45. The van der Waals surface area contributed by atoms with Gasteiger partial charge in [0.15, 0.2) is 5.69 Å². The Morgan fingerprint density at radius 3 is 2.96 bits per heavy atom. The third-order valence-corrected chi connectivity index (χ3v) is 4.21. The SMILES string of the molecule is Cc1c(C(=O)N2CCOC(CC(=O)O)C2)nnn1-c1cccc(Cl)c1. The van der Waals surface area contributed by atoms with Crippen molar-refractivity contribution in [2.24, 2.45) is 0 Å². The molecule has 132 valence electrons. The molecule has 0 spiro atoms. The average Bonchev–Trinajstić information content (AvgIpc) is 2.95. The van der Waals surface area contributed by atoms with Crippen LogP contribution in [0.15, 0.2) is 24.3 Å². The number of hydrogen-bond acceptors (Lipinski definition) is 5. The fourth-order valence-corrected chi connectivity index (χ4v) is 2.94. The molecular formula is C16H17ClN4O4. The van der Waals surface area contributed by atoms with Gasteiger partial charge in [-0.25, -0.2) is 4.68 Å². The molecule has 0 radical (unpaired) electrons. The van der Waals surface area contributed by atoms with Gasteiger partial charge in [0.1, 0.15) is 0 Å². The van der Waals surface area contributed by atoms with Crippen molar-refractivity contribution < 1.29 is 19.4 Å². The van der Waals surface area contributed by atoms with Crippen molar-refractivity contribution in [3.8, 4) is 5.69 Å². The van der Waals surface area contributed by atoms with Gasteiger partial charge in [0.25, 0.3) is 5.91 Å². The van der Waals surface area contributed by atoms with E-state index in [1.807, 2.05) is 6.07 Å². The lowest BCUT2D eigenvalue weighted by molar-refractivity contribution is -0.141. The Morgan fingerprint density at radius 2 is 2.24 bits per heavy atom.